The van der Waals surface area contributed by atoms with E-state index in [4.69, 9.17) is 10.5 Å². The minimum absolute atomic E-state index is 0.693. The third-order valence-electron chi connectivity index (χ3n) is 2.58. The van der Waals surface area contributed by atoms with E-state index < -0.39 is 0 Å². The van der Waals surface area contributed by atoms with Gasteiger partial charge in [-0.05, 0) is 29.7 Å². The number of anilines is 1. The Kier molecular flexibility index (Phi) is 3.66. The number of hydrogen-bond donors (Lipinski definition) is 1. The molecule has 0 unspecified atom stereocenters. The topological polar surface area (TPSA) is 35.2 Å². The lowest BCUT2D eigenvalue weighted by atomic mass is 10.1. The van der Waals surface area contributed by atoms with Crippen molar-refractivity contribution in [2.45, 2.75) is 13.3 Å². The first-order valence-corrected chi connectivity index (χ1v) is 5.89. The summed E-state index contributed by atoms with van der Waals surface area (Å²) in [4.78, 5) is 0. The van der Waals surface area contributed by atoms with Gasteiger partial charge >= 0.3 is 0 Å². The van der Waals surface area contributed by atoms with Crippen molar-refractivity contribution in [3.05, 3.63) is 48.5 Å². The first kappa shape index (κ1) is 11.5. The summed E-state index contributed by atoms with van der Waals surface area (Å²) in [5.41, 5.74) is 8.88. The van der Waals surface area contributed by atoms with Crippen LogP contribution >= 0.6 is 0 Å². The van der Waals surface area contributed by atoms with Gasteiger partial charge in [0.15, 0.2) is 0 Å². The van der Waals surface area contributed by atoms with Crippen LogP contribution in [0.15, 0.2) is 48.5 Å². The number of ether oxygens (including phenoxy) is 1. The summed E-state index contributed by atoms with van der Waals surface area (Å²) in [5, 5.41) is 0. The average Bonchev–Trinajstić information content (AvgIpc) is 2.39. The van der Waals surface area contributed by atoms with Crippen LogP contribution in [0, 0.1) is 0 Å². The molecule has 0 spiro atoms. The van der Waals surface area contributed by atoms with Crippen molar-refractivity contribution in [2.75, 3.05) is 12.3 Å². The molecule has 0 aliphatic heterocycles. The summed E-state index contributed by atoms with van der Waals surface area (Å²) in [6.07, 6.45) is 0.981. The van der Waals surface area contributed by atoms with Crippen molar-refractivity contribution in [1.29, 1.82) is 0 Å². The van der Waals surface area contributed by atoms with Gasteiger partial charge in [0.25, 0.3) is 0 Å². The molecule has 0 amide bonds. The lowest BCUT2D eigenvalue weighted by molar-refractivity contribution is 0.319. The molecule has 0 radical (unpaired) electrons. The lowest BCUT2D eigenvalue weighted by Crippen LogP contribution is -1.99. The number of benzene rings is 2. The predicted molar refractivity (Wildman–Crippen MR) is 72.1 cm³/mol. The molecule has 2 aromatic rings. The molecule has 2 heteroatoms. The maximum atomic E-state index is 5.88. The summed E-state index contributed by atoms with van der Waals surface area (Å²) in [6, 6.07) is 16.1. The highest BCUT2D eigenvalue weighted by molar-refractivity contribution is 5.69. The zero-order valence-electron chi connectivity index (χ0n) is 10.0. The zero-order chi connectivity index (χ0) is 12.1. The fraction of sp³-hybridized carbons (Fsp3) is 0.200. The van der Waals surface area contributed by atoms with Crippen LogP contribution in [-0.2, 0) is 0 Å². The molecule has 2 rings (SSSR count). The molecular weight excluding hydrogens is 210 g/mol. The number of hydrogen-bond acceptors (Lipinski definition) is 2. The summed E-state index contributed by atoms with van der Waals surface area (Å²) in [7, 11) is 0. The van der Waals surface area contributed by atoms with Gasteiger partial charge in [-0.15, -0.1) is 0 Å². The Labute approximate surface area is 102 Å². The fourth-order valence-electron chi connectivity index (χ4n) is 1.68. The molecule has 0 aromatic heterocycles. The van der Waals surface area contributed by atoms with Gasteiger partial charge in [0, 0.05) is 0 Å². The quantitative estimate of drug-likeness (QED) is 0.808. The van der Waals surface area contributed by atoms with E-state index in [0.29, 0.717) is 12.3 Å². The second kappa shape index (κ2) is 5.39. The molecule has 88 valence electrons. The zero-order valence-corrected chi connectivity index (χ0v) is 10.0. The van der Waals surface area contributed by atoms with E-state index in [1.54, 1.807) is 0 Å². The Bertz CT molecular complexity index is 480. The van der Waals surface area contributed by atoms with E-state index >= 15 is 0 Å². The summed E-state index contributed by atoms with van der Waals surface area (Å²) < 4.78 is 5.62. The van der Waals surface area contributed by atoms with Crippen molar-refractivity contribution >= 4 is 5.69 Å². The summed E-state index contributed by atoms with van der Waals surface area (Å²) in [6.45, 7) is 2.78. The van der Waals surface area contributed by atoms with Gasteiger partial charge in [0.05, 0.1) is 12.3 Å². The number of rotatable bonds is 4. The Morgan fingerprint density at radius 3 is 2.47 bits per heavy atom. The third-order valence-corrected chi connectivity index (χ3v) is 2.58. The standard InChI is InChI=1S/C15H17NO/c1-2-10-17-15-11-13(8-9-14(15)16)12-6-4-3-5-7-12/h3-9,11H,2,10,16H2,1H3. The van der Waals surface area contributed by atoms with Crippen LogP contribution in [0.5, 0.6) is 5.75 Å². The Hall–Kier alpha value is -1.96. The van der Waals surface area contributed by atoms with Crippen LogP contribution < -0.4 is 10.5 Å². The van der Waals surface area contributed by atoms with E-state index in [9.17, 15) is 0 Å². The van der Waals surface area contributed by atoms with Gasteiger partial charge in [0.2, 0.25) is 0 Å². The normalized spacial score (nSPS) is 10.2. The van der Waals surface area contributed by atoms with Gasteiger partial charge < -0.3 is 10.5 Å². The van der Waals surface area contributed by atoms with Crippen LogP contribution in [-0.4, -0.2) is 6.61 Å². The summed E-state index contributed by atoms with van der Waals surface area (Å²) >= 11 is 0. The lowest BCUT2D eigenvalue weighted by Gasteiger charge is -2.10. The van der Waals surface area contributed by atoms with E-state index in [0.717, 1.165) is 17.7 Å². The second-order valence-corrected chi connectivity index (χ2v) is 3.97. The molecule has 0 saturated carbocycles. The van der Waals surface area contributed by atoms with Crippen molar-refractivity contribution in [3.8, 4) is 16.9 Å². The monoisotopic (exact) mass is 227 g/mol. The first-order chi connectivity index (χ1) is 8.31. The third kappa shape index (κ3) is 2.78. The molecule has 0 aliphatic rings. The van der Waals surface area contributed by atoms with Crippen LogP contribution in [0.4, 0.5) is 5.69 Å². The van der Waals surface area contributed by atoms with E-state index in [1.807, 2.05) is 36.4 Å². The average molecular weight is 227 g/mol. The van der Waals surface area contributed by atoms with Crippen LogP contribution in [0.3, 0.4) is 0 Å². The van der Waals surface area contributed by atoms with Gasteiger partial charge in [-0.3, -0.25) is 0 Å². The maximum absolute atomic E-state index is 5.88. The molecule has 0 atom stereocenters. The minimum Gasteiger partial charge on any atom is -0.491 e. The van der Waals surface area contributed by atoms with E-state index in [2.05, 4.69) is 19.1 Å². The van der Waals surface area contributed by atoms with Gasteiger partial charge in [0.1, 0.15) is 5.75 Å². The second-order valence-electron chi connectivity index (χ2n) is 3.97. The first-order valence-electron chi connectivity index (χ1n) is 5.89. The largest absolute Gasteiger partial charge is 0.491 e. The predicted octanol–water partition coefficient (Wildman–Crippen LogP) is 3.72. The van der Waals surface area contributed by atoms with Crippen LogP contribution in [0.2, 0.25) is 0 Å². The molecular formula is C15H17NO. The molecule has 0 aliphatic carbocycles. The van der Waals surface area contributed by atoms with Crippen molar-refractivity contribution in [3.63, 3.8) is 0 Å². The van der Waals surface area contributed by atoms with Crippen molar-refractivity contribution < 1.29 is 4.74 Å². The van der Waals surface area contributed by atoms with Crippen molar-refractivity contribution in [1.82, 2.24) is 0 Å². The molecule has 2 N–H and O–H groups in total. The van der Waals surface area contributed by atoms with Gasteiger partial charge in [-0.1, -0.05) is 43.3 Å². The molecule has 2 aromatic carbocycles. The van der Waals surface area contributed by atoms with Crippen LogP contribution in [0.1, 0.15) is 13.3 Å². The molecule has 0 saturated heterocycles. The molecule has 2 nitrogen and oxygen atoms in total. The molecule has 0 fully saturated rings. The SMILES string of the molecule is CCCOc1cc(-c2ccccc2)ccc1N. The Morgan fingerprint density at radius 1 is 1.00 bits per heavy atom. The highest BCUT2D eigenvalue weighted by Crippen LogP contribution is 2.28. The maximum Gasteiger partial charge on any atom is 0.142 e. The van der Waals surface area contributed by atoms with Gasteiger partial charge in [-0.25, -0.2) is 0 Å². The van der Waals surface area contributed by atoms with Crippen molar-refractivity contribution in [2.24, 2.45) is 0 Å². The van der Waals surface area contributed by atoms with E-state index in [1.165, 1.54) is 5.56 Å². The number of nitrogen functional groups attached to an aromatic ring is 1. The molecule has 17 heavy (non-hydrogen) atoms. The molecule has 0 bridgehead atoms. The molecule has 0 heterocycles. The Morgan fingerprint density at radius 2 is 1.76 bits per heavy atom. The smallest absolute Gasteiger partial charge is 0.142 e. The number of nitrogens with two attached hydrogens (primary N) is 1. The highest BCUT2D eigenvalue weighted by atomic mass is 16.5. The Balaban J connectivity index is 2.31. The van der Waals surface area contributed by atoms with E-state index in [-0.39, 0.29) is 0 Å². The highest BCUT2D eigenvalue weighted by Gasteiger charge is 2.03. The van der Waals surface area contributed by atoms with Gasteiger partial charge in [-0.2, -0.15) is 0 Å². The summed E-state index contributed by atoms with van der Waals surface area (Å²) in [5.74, 6) is 0.771. The van der Waals surface area contributed by atoms with Crippen LogP contribution in [0.25, 0.3) is 11.1 Å². The minimum atomic E-state index is 0.693. The fourth-order valence-corrected chi connectivity index (χ4v) is 1.68.